The smallest absolute Gasteiger partial charge is 0.251 e. The molecular weight excluding hydrogens is 314 g/mol. The lowest BCUT2D eigenvalue weighted by atomic mass is 10.2. The van der Waals surface area contributed by atoms with Crippen LogP contribution in [0.1, 0.15) is 24.5 Å². The van der Waals surface area contributed by atoms with Crippen LogP contribution < -0.4 is 10.5 Å². The number of aromatic amines is 1. The van der Waals surface area contributed by atoms with Gasteiger partial charge < -0.3 is 9.88 Å². The number of nitrogens with zero attached hydrogens (tertiary/aromatic N) is 4. The number of aryl methyl sites for hydroxylation is 1. The average Bonchev–Trinajstić information content (AvgIpc) is 2.54. The number of pyridine rings is 1. The molecular formula is C16H20ClN5O. The van der Waals surface area contributed by atoms with Gasteiger partial charge in [0.05, 0.1) is 11.1 Å². The summed E-state index contributed by atoms with van der Waals surface area (Å²) in [6, 6.07) is 5.28. The van der Waals surface area contributed by atoms with Crippen molar-refractivity contribution < 1.29 is 0 Å². The lowest BCUT2D eigenvalue weighted by molar-refractivity contribution is 0.191. The van der Waals surface area contributed by atoms with Crippen molar-refractivity contribution in [1.82, 2.24) is 19.9 Å². The van der Waals surface area contributed by atoms with E-state index in [-0.39, 0.29) is 11.6 Å². The predicted molar refractivity (Wildman–Crippen MR) is 91.0 cm³/mol. The van der Waals surface area contributed by atoms with Gasteiger partial charge in [0.2, 0.25) is 0 Å². The van der Waals surface area contributed by atoms with Crippen LogP contribution in [-0.2, 0) is 0 Å². The Kier molecular flexibility index (Phi) is 4.63. The summed E-state index contributed by atoms with van der Waals surface area (Å²) in [4.78, 5) is 27.8. The number of aromatic nitrogens is 3. The third-order valence-electron chi connectivity index (χ3n) is 4.18. The van der Waals surface area contributed by atoms with Crippen LogP contribution in [0, 0.1) is 6.92 Å². The van der Waals surface area contributed by atoms with Crippen LogP contribution in [0.25, 0.3) is 0 Å². The molecule has 122 valence electrons. The fourth-order valence-electron chi connectivity index (χ4n) is 2.90. The standard InChI is InChI=1S/C16H20ClN5O/c1-11-10-14(23)20-15(19-11)12(2)21-6-8-22(9-7-21)16-13(17)4-3-5-18-16/h3-5,10,12H,6-9H2,1-2H3,(H,19,20,23). The molecule has 23 heavy (non-hydrogen) atoms. The lowest BCUT2D eigenvalue weighted by Gasteiger charge is -2.38. The first-order valence-corrected chi connectivity index (χ1v) is 8.10. The molecule has 6 nitrogen and oxygen atoms in total. The van der Waals surface area contributed by atoms with Crippen LogP contribution in [0.2, 0.25) is 5.02 Å². The van der Waals surface area contributed by atoms with E-state index in [9.17, 15) is 4.79 Å². The molecule has 1 unspecified atom stereocenters. The van der Waals surface area contributed by atoms with Crippen LogP contribution in [-0.4, -0.2) is 46.0 Å². The largest absolute Gasteiger partial charge is 0.353 e. The number of rotatable bonds is 3. The SMILES string of the molecule is Cc1cc(=O)[nH]c(C(C)N2CCN(c3ncccc3Cl)CC2)n1. The molecule has 7 heteroatoms. The van der Waals surface area contributed by atoms with E-state index in [4.69, 9.17) is 11.6 Å². The van der Waals surface area contributed by atoms with Gasteiger partial charge in [0.25, 0.3) is 5.56 Å². The average molecular weight is 334 g/mol. The Morgan fingerprint density at radius 1 is 1.30 bits per heavy atom. The molecule has 1 saturated heterocycles. The number of halogens is 1. The van der Waals surface area contributed by atoms with Crippen molar-refractivity contribution in [3.05, 3.63) is 51.3 Å². The van der Waals surface area contributed by atoms with Gasteiger partial charge in [-0.25, -0.2) is 9.97 Å². The molecule has 1 atom stereocenters. The molecule has 3 rings (SSSR count). The Morgan fingerprint density at radius 3 is 2.70 bits per heavy atom. The fourth-order valence-corrected chi connectivity index (χ4v) is 3.15. The van der Waals surface area contributed by atoms with Crippen molar-refractivity contribution in [2.75, 3.05) is 31.1 Å². The van der Waals surface area contributed by atoms with Gasteiger partial charge in [-0.2, -0.15) is 0 Å². The monoisotopic (exact) mass is 333 g/mol. The highest BCUT2D eigenvalue weighted by Gasteiger charge is 2.25. The molecule has 0 aromatic carbocycles. The van der Waals surface area contributed by atoms with E-state index < -0.39 is 0 Å². The summed E-state index contributed by atoms with van der Waals surface area (Å²) < 4.78 is 0. The minimum Gasteiger partial charge on any atom is -0.353 e. The Labute approximate surface area is 140 Å². The van der Waals surface area contributed by atoms with Crippen LogP contribution >= 0.6 is 11.6 Å². The predicted octanol–water partition coefficient (Wildman–Crippen LogP) is 2.01. The van der Waals surface area contributed by atoms with Crippen LogP contribution in [0.4, 0.5) is 5.82 Å². The number of hydrogen-bond acceptors (Lipinski definition) is 5. The molecule has 0 radical (unpaired) electrons. The fraction of sp³-hybridized carbons (Fsp3) is 0.438. The molecule has 2 aromatic heterocycles. The van der Waals surface area contributed by atoms with Crippen molar-refractivity contribution in [2.45, 2.75) is 19.9 Å². The first kappa shape index (κ1) is 16.0. The quantitative estimate of drug-likeness (QED) is 0.930. The molecule has 2 aromatic rings. The second-order valence-electron chi connectivity index (χ2n) is 5.78. The van der Waals surface area contributed by atoms with E-state index in [1.165, 1.54) is 6.07 Å². The zero-order valence-electron chi connectivity index (χ0n) is 13.3. The Morgan fingerprint density at radius 2 is 2.04 bits per heavy atom. The van der Waals surface area contributed by atoms with Gasteiger partial charge in [0.1, 0.15) is 11.6 Å². The number of anilines is 1. The van der Waals surface area contributed by atoms with E-state index in [0.29, 0.717) is 5.02 Å². The summed E-state index contributed by atoms with van der Waals surface area (Å²) in [7, 11) is 0. The normalized spacial score (nSPS) is 17.3. The molecule has 0 bridgehead atoms. The van der Waals surface area contributed by atoms with Gasteiger partial charge >= 0.3 is 0 Å². The molecule has 1 N–H and O–H groups in total. The van der Waals surface area contributed by atoms with Crippen molar-refractivity contribution >= 4 is 17.4 Å². The molecule has 0 amide bonds. The molecule has 1 aliphatic heterocycles. The van der Waals surface area contributed by atoms with E-state index >= 15 is 0 Å². The second kappa shape index (κ2) is 6.68. The molecule has 1 aliphatic rings. The van der Waals surface area contributed by atoms with Crippen molar-refractivity contribution in [2.24, 2.45) is 0 Å². The summed E-state index contributed by atoms with van der Waals surface area (Å²) in [6.07, 6.45) is 1.76. The minimum absolute atomic E-state index is 0.0731. The number of piperazine rings is 1. The molecule has 0 saturated carbocycles. The highest BCUT2D eigenvalue weighted by atomic mass is 35.5. The maximum atomic E-state index is 11.6. The third-order valence-corrected chi connectivity index (χ3v) is 4.48. The zero-order valence-corrected chi connectivity index (χ0v) is 14.0. The first-order valence-electron chi connectivity index (χ1n) is 7.72. The van der Waals surface area contributed by atoms with Crippen molar-refractivity contribution in [3.8, 4) is 0 Å². The second-order valence-corrected chi connectivity index (χ2v) is 6.19. The number of nitrogens with one attached hydrogen (secondary N) is 1. The summed E-state index contributed by atoms with van der Waals surface area (Å²) >= 11 is 6.22. The third kappa shape index (κ3) is 3.54. The van der Waals surface area contributed by atoms with Gasteiger partial charge in [-0.3, -0.25) is 9.69 Å². The molecule has 0 aliphatic carbocycles. The Bertz CT molecular complexity index is 739. The molecule has 3 heterocycles. The van der Waals surface area contributed by atoms with E-state index in [1.54, 1.807) is 6.20 Å². The van der Waals surface area contributed by atoms with Gasteiger partial charge in [-0.15, -0.1) is 0 Å². The van der Waals surface area contributed by atoms with E-state index in [2.05, 4.69) is 31.7 Å². The summed E-state index contributed by atoms with van der Waals surface area (Å²) in [5.41, 5.74) is 0.646. The summed E-state index contributed by atoms with van der Waals surface area (Å²) in [5, 5.41) is 0.679. The highest BCUT2D eigenvalue weighted by Crippen LogP contribution is 2.25. The number of hydrogen-bond donors (Lipinski definition) is 1. The summed E-state index contributed by atoms with van der Waals surface area (Å²) in [6.45, 7) is 7.33. The van der Waals surface area contributed by atoms with Crippen LogP contribution in [0.5, 0.6) is 0 Å². The Hall–Kier alpha value is -1.92. The van der Waals surface area contributed by atoms with E-state index in [1.807, 2.05) is 19.1 Å². The van der Waals surface area contributed by atoms with Crippen LogP contribution in [0.3, 0.4) is 0 Å². The maximum Gasteiger partial charge on any atom is 0.251 e. The Balaban J connectivity index is 1.69. The summed E-state index contributed by atoms with van der Waals surface area (Å²) in [5.74, 6) is 1.56. The van der Waals surface area contributed by atoms with Gasteiger partial charge in [-0.05, 0) is 26.0 Å². The van der Waals surface area contributed by atoms with Gasteiger partial charge in [0, 0.05) is 44.1 Å². The maximum absolute atomic E-state index is 11.6. The first-order chi connectivity index (χ1) is 11.0. The zero-order chi connectivity index (χ0) is 16.4. The highest BCUT2D eigenvalue weighted by molar-refractivity contribution is 6.32. The number of H-pyrrole nitrogens is 1. The minimum atomic E-state index is -0.0988. The van der Waals surface area contributed by atoms with Crippen LogP contribution in [0.15, 0.2) is 29.2 Å². The van der Waals surface area contributed by atoms with Crippen molar-refractivity contribution in [1.29, 1.82) is 0 Å². The van der Waals surface area contributed by atoms with Gasteiger partial charge in [-0.1, -0.05) is 11.6 Å². The van der Waals surface area contributed by atoms with Crippen molar-refractivity contribution in [3.63, 3.8) is 0 Å². The lowest BCUT2D eigenvalue weighted by Crippen LogP contribution is -2.48. The van der Waals surface area contributed by atoms with E-state index in [0.717, 1.165) is 43.5 Å². The molecule has 1 fully saturated rings. The van der Waals surface area contributed by atoms with Gasteiger partial charge in [0.15, 0.2) is 0 Å². The topological polar surface area (TPSA) is 65.1 Å². The molecule has 0 spiro atoms.